The third-order valence-corrected chi connectivity index (χ3v) is 1.20. The molecule has 0 bridgehead atoms. The number of hydrogen-bond donors (Lipinski definition) is 1. The molecule has 3 nitrogen and oxygen atoms in total. The minimum Gasteiger partial charge on any atom is -0.362 e. The van der Waals surface area contributed by atoms with Gasteiger partial charge >= 0.3 is 0 Å². The molecule has 1 unspecified atom stereocenters. The predicted molar refractivity (Wildman–Crippen MR) is 39.5 cm³/mol. The average molecular weight is 145 g/mol. The Bertz CT molecular complexity index is 104. The zero-order chi connectivity index (χ0) is 7.98. The normalized spacial score (nSPS) is 12.7. The van der Waals surface area contributed by atoms with Crippen molar-refractivity contribution in [2.24, 2.45) is 0 Å². The van der Waals surface area contributed by atoms with Crippen molar-refractivity contribution in [3.05, 3.63) is 0 Å². The van der Waals surface area contributed by atoms with Gasteiger partial charge < -0.3 is 10.1 Å². The molecule has 0 fully saturated rings. The number of rotatable bonds is 4. The number of amides is 1. The van der Waals surface area contributed by atoms with Gasteiger partial charge in [0.25, 0.3) is 0 Å². The topological polar surface area (TPSA) is 38.3 Å². The van der Waals surface area contributed by atoms with Crippen LogP contribution in [0.2, 0.25) is 0 Å². The summed E-state index contributed by atoms with van der Waals surface area (Å²) in [5.41, 5.74) is 0. The lowest BCUT2D eigenvalue weighted by Crippen LogP contribution is -2.34. The molecular weight excluding hydrogens is 130 g/mol. The molecule has 0 spiro atoms. The molecule has 1 amide bonds. The smallest absolute Gasteiger partial charge is 0.218 e. The van der Waals surface area contributed by atoms with Crippen LogP contribution in [-0.2, 0) is 9.53 Å². The quantitative estimate of drug-likeness (QED) is 0.597. The van der Waals surface area contributed by atoms with Crippen molar-refractivity contribution in [3.8, 4) is 0 Å². The van der Waals surface area contributed by atoms with Crippen LogP contribution >= 0.6 is 0 Å². The van der Waals surface area contributed by atoms with E-state index in [0.717, 1.165) is 12.8 Å². The number of carbonyl (C=O) groups excluding carboxylic acids is 1. The van der Waals surface area contributed by atoms with Gasteiger partial charge in [-0.15, -0.1) is 0 Å². The monoisotopic (exact) mass is 145 g/mol. The van der Waals surface area contributed by atoms with E-state index in [2.05, 4.69) is 5.32 Å². The van der Waals surface area contributed by atoms with Crippen LogP contribution in [0.25, 0.3) is 0 Å². The Morgan fingerprint density at radius 2 is 2.30 bits per heavy atom. The molecule has 10 heavy (non-hydrogen) atoms. The zero-order valence-corrected chi connectivity index (χ0v) is 6.81. The van der Waals surface area contributed by atoms with Crippen molar-refractivity contribution in [2.45, 2.75) is 32.9 Å². The summed E-state index contributed by atoms with van der Waals surface area (Å²) in [6.07, 6.45) is 1.77. The second-order valence-corrected chi connectivity index (χ2v) is 2.21. The molecule has 0 aromatic heterocycles. The van der Waals surface area contributed by atoms with Gasteiger partial charge in [-0.3, -0.25) is 4.79 Å². The highest BCUT2D eigenvalue weighted by Crippen LogP contribution is 1.95. The van der Waals surface area contributed by atoms with E-state index in [4.69, 9.17) is 4.74 Å². The van der Waals surface area contributed by atoms with E-state index in [0.29, 0.717) is 0 Å². The van der Waals surface area contributed by atoms with Crippen molar-refractivity contribution in [2.75, 3.05) is 7.11 Å². The molecule has 0 rings (SSSR count). The van der Waals surface area contributed by atoms with Crippen molar-refractivity contribution in [1.29, 1.82) is 0 Å². The summed E-state index contributed by atoms with van der Waals surface area (Å²) in [5, 5.41) is 2.67. The Balaban J connectivity index is 3.49. The molecule has 0 aromatic rings. The fourth-order valence-corrected chi connectivity index (χ4v) is 0.738. The maximum Gasteiger partial charge on any atom is 0.218 e. The predicted octanol–water partition coefficient (Wildman–Crippen LogP) is 0.895. The van der Waals surface area contributed by atoms with Crippen LogP contribution in [0.3, 0.4) is 0 Å². The summed E-state index contributed by atoms with van der Waals surface area (Å²) in [7, 11) is 1.59. The molecule has 0 aliphatic carbocycles. The lowest BCUT2D eigenvalue weighted by atomic mass is 10.3. The Kier molecular flexibility index (Phi) is 4.94. The molecule has 60 valence electrons. The maximum absolute atomic E-state index is 10.5. The summed E-state index contributed by atoms with van der Waals surface area (Å²) in [6, 6.07) is 0. The van der Waals surface area contributed by atoms with Crippen molar-refractivity contribution >= 4 is 5.91 Å². The highest BCUT2D eigenvalue weighted by molar-refractivity contribution is 5.72. The third kappa shape index (κ3) is 4.32. The molecule has 1 N–H and O–H groups in total. The van der Waals surface area contributed by atoms with Crippen LogP contribution < -0.4 is 5.32 Å². The second kappa shape index (κ2) is 5.23. The summed E-state index contributed by atoms with van der Waals surface area (Å²) >= 11 is 0. The molecule has 0 heterocycles. The van der Waals surface area contributed by atoms with Crippen molar-refractivity contribution in [1.82, 2.24) is 5.32 Å². The van der Waals surface area contributed by atoms with E-state index in [9.17, 15) is 4.79 Å². The van der Waals surface area contributed by atoms with E-state index < -0.39 is 0 Å². The fourth-order valence-electron chi connectivity index (χ4n) is 0.738. The Morgan fingerprint density at radius 3 is 2.60 bits per heavy atom. The molecule has 0 aliphatic heterocycles. The molecule has 0 aliphatic rings. The first-order valence-corrected chi connectivity index (χ1v) is 3.50. The lowest BCUT2D eigenvalue weighted by molar-refractivity contribution is -0.122. The number of methoxy groups -OCH3 is 1. The summed E-state index contributed by atoms with van der Waals surface area (Å²) in [5.74, 6) is -0.0414. The molecule has 0 saturated heterocycles. The van der Waals surface area contributed by atoms with Gasteiger partial charge in [0.15, 0.2) is 0 Å². The van der Waals surface area contributed by atoms with Crippen LogP contribution in [0.1, 0.15) is 26.7 Å². The standard InChI is InChI=1S/C7H15NO2/c1-4-5-7(10-3)8-6(2)9/h7H,4-5H2,1-3H3,(H,8,9). The number of carbonyl (C=O) groups is 1. The van der Waals surface area contributed by atoms with Crippen LogP contribution in [-0.4, -0.2) is 19.2 Å². The molecular formula is C7H15NO2. The highest BCUT2D eigenvalue weighted by Gasteiger charge is 2.04. The van der Waals surface area contributed by atoms with Gasteiger partial charge in [0.2, 0.25) is 5.91 Å². The fraction of sp³-hybridized carbons (Fsp3) is 0.857. The summed E-state index contributed by atoms with van der Waals surface area (Å²) in [4.78, 5) is 10.5. The summed E-state index contributed by atoms with van der Waals surface area (Å²) in [6.45, 7) is 3.54. The van der Waals surface area contributed by atoms with Crippen LogP contribution in [0.4, 0.5) is 0 Å². The first kappa shape index (κ1) is 9.43. The van der Waals surface area contributed by atoms with Crippen LogP contribution in [0.15, 0.2) is 0 Å². The first-order valence-electron chi connectivity index (χ1n) is 3.50. The van der Waals surface area contributed by atoms with Crippen LogP contribution in [0.5, 0.6) is 0 Å². The zero-order valence-electron chi connectivity index (χ0n) is 6.81. The molecule has 0 saturated carbocycles. The lowest BCUT2D eigenvalue weighted by Gasteiger charge is -2.14. The van der Waals surface area contributed by atoms with Crippen LogP contribution in [0, 0.1) is 0 Å². The third-order valence-electron chi connectivity index (χ3n) is 1.20. The van der Waals surface area contributed by atoms with Gasteiger partial charge in [-0.1, -0.05) is 13.3 Å². The number of ether oxygens (including phenoxy) is 1. The Labute approximate surface area is 61.8 Å². The second-order valence-electron chi connectivity index (χ2n) is 2.21. The van der Waals surface area contributed by atoms with E-state index in [1.54, 1.807) is 7.11 Å². The minimum absolute atomic E-state index is 0.0414. The Morgan fingerprint density at radius 1 is 1.70 bits per heavy atom. The minimum atomic E-state index is -0.109. The molecule has 3 heteroatoms. The van der Waals surface area contributed by atoms with E-state index in [1.165, 1.54) is 6.92 Å². The van der Waals surface area contributed by atoms with Gasteiger partial charge in [-0.2, -0.15) is 0 Å². The van der Waals surface area contributed by atoms with Crippen molar-refractivity contribution in [3.63, 3.8) is 0 Å². The van der Waals surface area contributed by atoms with Gasteiger partial charge in [0, 0.05) is 14.0 Å². The van der Waals surface area contributed by atoms with Crippen molar-refractivity contribution < 1.29 is 9.53 Å². The van der Waals surface area contributed by atoms with Gasteiger partial charge in [0.1, 0.15) is 6.23 Å². The van der Waals surface area contributed by atoms with Gasteiger partial charge in [-0.05, 0) is 6.42 Å². The maximum atomic E-state index is 10.5. The Hall–Kier alpha value is -0.570. The van der Waals surface area contributed by atoms with Gasteiger partial charge in [-0.25, -0.2) is 0 Å². The van der Waals surface area contributed by atoms with E-state index in [-0.39, 0.29) is 12.1 Å². The van der Waals surface area contributed by atoms with E-state index in [1.807, 2.05) is 6.92 Å². The highest BCUT2D eigenvalue weighted by atomic mass is 16.5. The van der Waals surface area contributed by atoms with Gasteiger partial charge in [0.05, 0.1) is 0 Å². The SMILES string of the molecule is CCCC(NC(C)=O)OC. The molecule has 0 aromatic carbocycles. The number of hydrogen-bond acceptors (Lipinski definition) is 2. The number of nitrogens with one attached hydrogen (secondary N) is 1. The average Bonchev–Trinajstić information content (AvgIpc) is 1.86. The first-order chi connectivity index (χ1) is 4.70. The molecule has 0 radical (unpaired) electrons. The molecule has 1 atom stereocenters. The largest absolute Gasteiger partial charge is 0.362 e. The summed E-state index contributed by atoms with van der Waals surface area (Å²) < 4.78 is 4.97. The van der Waals surface area contributed by atoms with E-state index >= 15 is 0 Å².